The lowest BCUT2D eigenvalue weighted by molar-refractivity contribution is 0.214. The molecule has 66 valence electrons. The molecule has 1 unspecified atom stereocenters. The van der Waals surface area contributed by atoms with E-state index < -0.39 is 0 Å². The molecule has 2 nitrogen and oxygen atoms in total. The minimum Gasteiger partial charge on any atom is -0.399 e. The highest BCUT2D eigenvalue weighted by Crippen LogP contribution is 2.08. The van der Waals surface area contributed by atoms with E-state index in [9.17, 15) is 0 Å². The molecule has 0 aromatic heterocycles. The van der Waals surface area contributed by atoms with Gasteiger partial charge < -0.3 is 4.84 Å². The van der Waals surface area contributed by atoms with Crippen molar-refractivity contribution in [1.82, 2.24) is 0 Å². The number of halogens is 1. The van der Waals surface area contributed by atoms with Crippen LogP contribution in [-0.4, -0.2) is 18.2 Å². The fourth-order valence-corrected chi connectivity index (χ4v) is 1.21. The van der Waals surface area contributed by atoms with Gasteiger partial charge in [0, 0.05) is 0 Å². The molecule has 0 bridgehead atoms. The van der Waals surface area contributed by atoms with Crippen molar-refractivity contribution in [2.45, 2.75) is 37.4 Å². The first-order chi connectivity index (χ1) is 5.31. The normalized spacial score (nSPS) is 13.7. The SMILES string of the molecule is CCCCCC(Br)/C=N/OC. The Labute approximate surface area is 77.1 Å². The number of unbranched alkanes of at least 4 members (excludes halogenated alkanes) is 2. The Balaban J connectivity index is 3.21. The van der Waals surface area contributed by atoms with E-state index in [4.69, 9.17) is 0 Å². The topological polar surface area (TPSA) is 21.6 Å². The van der Waals surface area contributed by atoms with E-state index in [2.05, 4.69) is 32.8 Å². The van der Waals surface area contributed by atoms with Crippen molar-refractivity contribution in [3.8, 4) is 0 Å². The smallest absolute Gasteiger partial charge is 0.106 e. The zero-order valence-electron chi connectivity index (χ0n) is 7.22. The summed E-state index contributed by atoms with van der Waals surface area (Å²) in [6.45, 7) is 2.20. The number of oxime groups is 1. The predicted molar refractivity (Wildman–Crippen MR) is 52.4 cm³/mol. The van der Waals surface area contributed by atoms with Crippen LogP contribution in [0.4, 0.5) is 0 Å². The highest BCUT2D eigenvalue weighted by atomic mass is 79.9. The monoisotopic (exact) mass is 221 g/mol. The molecule has 0 saturated heterocycles. The summed E-state index contributed by atoms with van der Waals surface area (Å²) in [7, 11) is 1.56. The maximum Gasteiger partial charge on any atom is 0.106 e. The molecule has 0 radical (unpaired) electrons. The van der Waals surface area contributed by atoms with E-state index >= 15 is 0 Å². The molecule has 0 saturated carbocycles. The summed E-state index contributed by atoms with van der Waals surface area (Å²) >= 11 is 3.48. The quantitative estimate of drug-likeness (QED) is 0.293. The van der Waals surface area contributed by atoms with Crippen molar-refractivity contribution in [3.05, 3.63) is 0 Å². The Bertz CT molecular complexity index is 106. The molecular formula is C8H16BrNO. The van der Waals surface area contributed by atoms with Crippen LogP contribution in [0.5, 0.6) is 0 Å². The average Bonchev–Trinajstić information content (AvgIpc) is 2.01. The molecule has 0 aliphatic heterocycles. The van der Waals surface area contributed by atoms with Crippen LogP contribution in [0.3, 0.4) is 0 Å². The second-order valence-corrected chi connectivity index (χ2v) is 3.62. The van der Waals surface area contributed by atoms with Gasteiger partial charge in [0.15, 0.2) is 0 Å². The first-order valence-electron chi connectivity index (χ1n) is 4.02. The third kappa shape index (κ3) is 7.85. The Morgan fingerprint density at radius 2 is 2.27 bits per heavy atom. The summed E-state index contributed by atoms with van der Waals surface area (Å²) in [4.78, 5) is 4.93. The maximum absolute atomic E-state index is 4.56. The van der Waals surface area contributed by atoms with Crippen LogP contribution in [0.25, 0.3) is 0 Å². The fourth-order valence-electron chi connectivity index (χ4n) is 0.791. The van der Waals surface area contributed by atoms with Crippen LogP contribution in [0.2, 0.25) is 0 Å². The van der Waals surface area contributed by atoms with Crippen molar-refractivity contribution in [3.63, 3.8) is 0 Å². The maximum atomic E-state index is 4.56. The van der Waals surface area contributed by atoms with Gasteiger partial charge in [0.25, 0.3) is 0 Å². The molecule has 0 aliphatic carbocycles. The molecular weight excluding hydrogens is 206 g/mol. The van der Waals surface area contributed by atoms with Gasteiger partial charge in [-0.2, -0.15) is 0 Å². The van der Waals surface area contributed by atoms with Gasteiger partial charge >= 0.3 is 0 Å². The summed E-state index contributed by atoms with van der Waals surface area (Å²) in [5.41, 5.74) is 0. The summed E-state index contributed by atoms with van der Waals surface area (Å²) in [5, 5.41) is 3.68. The number of hydrogen-bond acceptors (Lipinski definition) is 2. The van der Waals surface area contributed by atoms with E-state index in [0.29, 0.717) is 4.83 Å². The molecule has 0 rings (SSSR count). The molecule has 0 spiro atoms. The second kappa shape index (κ2) is 8.05. The van der Waals surface area contributed by atoms with Crippen LogP contribution in [0.15, 0.2) is 5.16 Å². The van der Waals surface area contributed by atoms with Gasteiger partial charge in [-0.25, -0.2) is 0 Å². The minimum absolute atomic E-state index is 0.369. The second-order valence-electron chi connectivity index (χ2n) is 2.45. The van der Waals surface area contributed by atoms with Crippen LogP contribution in [0.1, 0.15) is 32.6 Å². The Morgan fingerprint density at radius 3 is 2.82 bits per heavy atom. The number of nitrogens with zero attached hydrogens (tertiary/aromatic N) is 1. The molecule has 1 atom stereocenters. The summed E-state index contributed by atoms with van der Waals surface area (Å²) in [6, 6.07) is 0. The Hall–Kier alpha value is -0.0500. The lowest BCUT2D eigenvalue weighted by Gasteiger charge is -2.00. The fraction of sp³-hybridized carbons (Fsp3) is 0.875. The summed E-state index contributed by atoms with van der Waals surface area (Å²) in [5.74, 6) is 0. The van der Waals surface area contributed by atoms with Crippen molar-refractivity contribution < 1.29 is 4.84 Å². The lowest BCUT2D eigenvalue weighted by atomic mass is 10.2. The summed E-state index contributed by atoms with van der Waals surface area (Å²) < 4.78 is 0. The molecule has 3 heteroatoms. The molecule has 0 aromatic rings. The highest BCUT2D eigenvalue weighted by Gasteiger charge is 1.98. The molecule has 11 heavy (non-hydrogen) atoms. The first-order valence-corrected chi connectivity index (χ1v) is 4.93. The molecule has 0 amide bonds. The van der Waals surface area contributed by atoms with Gasteiger partial charge in [-0.1, -0.05) is 47.3 Å². The van der Waals surface area contributed by atoms with Crippen molar-refractivity contribution in [1.29, 1.82) is 0 Å². The van der Waals surface area contributed by atoms with Gasteiger partial charge in [-0.15, -0.1) is 0 Å². The predicted octanol–water partition coefficient (Wildman–Crippen LogP) is 2.96. The van der Waals surface area contributed by atoms with E-state index in [1.165, 1.54) is 19.3 Å². The van der Waals surface area contributed by atoms with Gasteiger partial charge in [0.05, 0.1) is 11.0 Å². The van der Waals surface area contributed by atoms with Gasteiger partial charge in [-0.3, -0.25) is 0 Å². The third-order valence-electron chi connectivity index (χ3n) is 1.41. The lowest BCUT2D eigenvalue weighted by Crippen LogP contribution is -1.98. The zero-order chi connectivity index (χ0) is 8.53. The summed E-state index contributed by atoms with van der Waals surface area (Å²) in [6.07, 6.45) is 6.74. The number of hydrogen-bond donors (Lipinski definition) is 0. The zero-order valence-corrected chi connectivity index (χ0v) is 8.80. The van der Waals surface area contributed by atoms with E-state index in [1.54, 1.807) is 13.3 Å². The molecule has 0 fully saturated rings. The van der Waals surface area contributed by atoms with Crippen LogP contribution in [-0.2, 0) is 4.84 Å². The molecule has 0 heterocycles. The molecule has 0 aromatic carbocycles. The van der Waals surface area contributed by atoms with Gasteiger partial charge in [-0.05, 0) is 6.42 Å². The van der Waals surface area contributed by atoms with E-state index in [-0.39, 0.29) is 0 Å². The largest absolute Gasteiger partial charge is 0.399 e. The van der Waals surface area contributed by atoms with Crippen LogP contribution >= 0.6 is 15.9 Å². The third-order valence-corrected chi connectivity index (χ3v) is 2.11. The first kappa shape index (κ1) is 11.0. The molecule has 0 aliphatic rings. The number of rotatable bonds is 6. The van der Waals surface area contributed by atoms with Gasteiger partial charge in [0.2, 0.25) is 0 Å². The Kier molecular flexibility index (Phi) is 8.01. The molecule has 0 N–H and O–H groups in total. The standard InChI is InChI=1S/C8H16BrNO/c1-3-4-5-6-8(9)7-10-11-2/h7-8H,3-6H2,1-2H3/b10-7+. The average molecular weight is 222 g/mol. The van der Waals surface area contributed by atoms with E-state index in [0.717, 1.165) is 6.42 Å². The minimum atomic E-state index is 0.369. The number of alkyl halides is 1. The van der Waals surface area contributed by atoms with Crippen molar-refractivity contribution >= 4 is 22.1 Å². The van der Waals surface area contributed by atoms with Crippen LogP contribution in [0, 0.1) is 0 Å². The van der Waals surface area contributed by atoms with Gasteiger partial charge in [0.1, 0.15) is 7.11 Å². The van der Waals surface area contributed by atoms with E-state index in [1.807, 2.05) is 0 Å². The Morgan fingerprint density at radius 1 is 1.55 bits per heavy atom. The van der Waals surface area contributed by atoms with Crippen LogP contribution < -0.4 is 0 Å². The highest BCUT2D eigenvalue weighted by molar-refractivity contribution is 9.09. The van der Waals surface area contributed by atoms with Crippen molar-refractivity contribution in [2.24, 2.45) is 5.16 Å². The van der Waals surface area contributed by atoms with Crippen molar-refractivity contribution in [2.75, 3.05) is 7.11 Å².